The fourth-order valence-electron chi connectivity index (χ4n) is 3.36. The van der Waals surface area contributed by atoms with Crippen molar-refractivity contribution in [1.82, 2.24) is 10.2 Å². The van der Waals surface area contributed by atoms with Crippen LogP contribution < -0.4 is 10.2 Å². The van der Waals surface area contributed by atoms with E-state index in [2.05, 4.69) is 10.1 Å². The molecule has 2 fully saturated rings. The molecule has 9 heteroatoms. The van der Waals surface area contributed by atoms with Gasteiger partial charge in [0.05, 0.1) is 27.3 Å². The molecule has 1 N–H and O–H groups in total. The highest BCUT2D eigenvalue weighted by molar-refractivity contribution is 5.89. The van der Waals surface area contributed by atoms with Gasteiger partial charge in [0.1, 0.15) is 6.10 Å². The number of ether oxygens (including phenoxy) is 3. The second kappa shape index (κ2) is 8.15. The quantitative estimate of drug-likeness (QED) is 0.805. The molecule has 1 unspecified atom stereocenters. The third kappa shape index (κ3) is 4.24. The lowest BCUT2D eigenvalue weighted by atomic mass is 9.98. The molecule has 2 heterocycles. The maximum atomic E-state index is 12.1. The standard InChI is InChI=1S/C18H23N3O6/c1-25-16(22)19-9-15-11-21(18(24)27-15)14-5-3-12(4-6-14)13-7-8-20(10-13)17(23)26-2/h3-6,13,15H,7-11H2,1-2H3,(H,19,22)/t13?,15-/m0/s1. The van der Waals surface area contributed by atoms with Crippen LogP contribution in [0, 0.1) is 0 Å². The van der Waals surface area contributed by atoms with Crippen molar-refractivity contribution < 1.29 is 28.6 Å². The van der Waals surface area contributed by atoms with Gasteiger partial charge in [0.2, 0.25) is 0 Å². The fourth-order valence-corrected chi connectivity index (χ4v) is 3.36. The molecule has 9 nitrogen and oxygen atoms in total. The summed E-state index contributed by atoms with van der Waals surface area (Å²) in [6.07, 6.45) is -0.870. The molecule has 2 atom stereocenters. The van der Waals surface area contributed by atoms with Gasteiger partial charge in [-0.25, -0.2) is 14.4 Å². The third-order valence-electron chi connectivity index (χ3n) is 4.83. The third-order valence-corrected chi connectivity index (χ3v) is 4.83. The van der Waals surface area contributed by atoms with E-state index in [-0.39, 0.29) is 18.6 Å². The first-order valence-electron chi connectivity index (χ1n) is 8.74. The smallest absolute Gasteiger partial charge is 0.414 e. The molecule has 0 bridgehead atoms. The topological polar surface area (TPSA) is 97.4 Å². The number of methoxy groups -OCH3 is 2. The van der Waals surface area contributed by atoms with Gasteiger partial charge >= 0.3 is 18.3 Å². The molecular weight excluding hydrogens is 354 g/mol. The number of carbonyl (C=O) groups is 3. The van der Waals surface area contributed by atoms with Gasteiger partial charge < -0.3 is 24.4 Å². The number of anilines is 1. The van der Waals surface area contributed by atoms with Gasteiger partial charge in [-0.1, -0.05) is 12.1 Å². The Morgan fingerprint density at radius 2 is 1.93 bits per heavy atom. The largest absolute Gasteiger partial charge is 0.453 e. The first kappa shape index (κ1) is 18.8. The lowest BCUT2D eigenvalue weighted by molar-refractivity contribution is 0.132. The van der Waals surface area contributed by atoms with E-state index < -0.39 is 18.3 Å². The molecule has 0 aliphatic carbocycles. The van der Waals surface area contributed by atoms with Gasteiger partial charge in [0, 0.05) is 24.7 Å². The Bertz CT molecular complexity index is 708. The zero-order chi connectivity index (χ0) is 19.4. The van der Waals surface area contributed by atoms with Gasteiger partial charge in [0.15, 0.2) is 0 Å². The maximum Gasteiger partial charge on any atom is 0.414 e. The van der Waals surface area contributed by atoms with E-state index >= 15 is 0 Å². The van der Waals surface area contributed by atoms with E-state index in [1.54, 1.807) is 4.90 Å². The molecule has 2 saturated heterocycles. The Kier molecular flexibility index (Phi) is 5.68. The summed E-state index contributed by atoms with van der Waals surface area (Å²) >= 11 is 0. The van der Waals surface area contributed by atoms with Crippen LogP contribution in [0.5, 0.6) is 0 Å². The lowest BCUT2D eigenvalue weighted by Crippen LogP contribution is -2.34. The second-order valence-corrected chi connectivity index (χ2v) is 6.48. The van der Waals surface area contributed by atoms with Gasteiger partial charge in [0.25, 0.3) is 0 Å². The minimum absolute atomic E-state index is 0.193. The Balaban J connectivity index is 1.58. The van der Waals surface area contributed by atoms with Crippen LogP contribution in [-0.4, -0.2) is 69.7 Å². The SMILES string of the molecule is COC(=O)NC[C@H]1CN(c2ccc(C3CCN(C(=O)OC)C3)cc2)C(=O)O1. The summed E-state index contributed by atoms with van der Waals surface area (Å²) in [7, 11) is 2.66. The minimum Gasteiger partial charge on any atom is -0.453 e. The highest BCUT2D eigenvalue weighted by atomic mass is 16.6. The fraction of sp³-hybridized carbons (Fsp3) is 0.500. The van der Waals surface area contributed by atoms with E-state index in [1.807, 2.05) is 24.3 Å². The number of hydrogen-bond donors (Lipinski definition) is 1. The van der Waals surface area contributed by atoms with Crippen LogP contribution in [0.2, 0.25) is 0 Å². The van der Waals surface area contributed by atoms with E-state index in [4.69, 9.17) is 9.47 Å². The molecule has 3 rings (SSSR count). The van der Waals surface area contributed by atoms with Gasteiger partial charge in [-0.3, -0.25) is 4.90 Å². The highest BCUT2D eigenvalue weighted by Crippen LogP contribution is 2.30. The minimum atomic E-state index is -0.564. The number of alkyl carbamates (subject to hydrolysis) is 1. The van der Waals surface area contributed by atoms with Crippen molar-refractivity contribution in [2.75, 3.05) is 45.3 Å². The summed E-state index contributed by atoms with van der Waals surface area (Å²) in [5, 5.41) is 2.52. The van der Waals surface area contributed by atoms with Crippen molar-refractivity contribution in [2.45, 2.75) is 18.4 Å². The first-order valence-corrected chi connectivity index (χ1v) is 8.74. The van der Waals surface area contributed by atoms with E-state index in [1.165, 1.54) is 19.1 Å². The molecule has 2 aliphatic rings. The van der Waals surface area contributed by atoms with Crippen LogP contribution in [0.15, 0.2) is 24.3 Å². The van der Waals surface area contributed by atoms with Crippen LogP contribution in [0.25, 0.3) is 0 Å². The van der Waals surface area contributed by atoms with Crippen molar-refractivity contribution in [3.63, 3.8) is 0 Å². The number of nitrogens with one attached hydrogen (secondary N) is 1. The number of cyclic esters (lactones) is 1. The predicted octanol–water partition coefficient (Wildman–Crippen LogP) is 1.92. The van der Waals surface area contributed by atoms with Gasteiger partial charge in [-0.05, 0) is 24.1 Å². The molecular formula is C18H23N3O6. The number of likely N-dealkylation sites (tertiary alicyclic amines) is 1. The summed E-state index contributed by atoms with van der Waals surface area (Å²) in [5.74, 6) is 0.251. The molecule has 1 aromatic carbocycles. The van der Waals surface area contributed by atoms with Crippen molar-refractivity contribution in [3.8, 4) is 0 Å². The number of hydrogen-bond acceptors (Lipinski definition) is 6. The summed E-state index contributed by atoms with van der Waals surface area (Å²) in [5.41, 5.74) is 1.84. The molecule has 0 saturated carbocycles. The Hall–Kier alpha value is -2.97. The zero-order valence-corrected chi connectivity index (χ0v) is 15.3. The first-order chi connectivity index (χ1) is 13.0. The predicted molar refractivity (Wildman–Crippen MR) is 95.8 cm³/mol. The molecule has 3 amide bonds. The summed E-state index contributed by atoms with van der Waals surface area (Å²) < 4.78 is 14.5. The lowest BCUT2D eigenvalue weighted by Gasteiger charge is -2.16. The number of carbonyl (C=O) groups excluding carboxylic acids is 3. The Morgan fingerprint density at radius 3 is 2.59 bits per heavy atom. The number of nitrogens with zero attached hydrogens (tertiary/aromatic N) is 2. The molecule has 2 aliphatic heterocycles. The molecule has 1 aromatic rings. The van der Waals surface area contributed by atoms with Crippen LogP contribution in [-0.2, 0) is 14.2 Å². The van der Waals surface area contributed by atoms with E-state index in [0.29, 0.717) is 19.6 Å². The van der Waals surface area contributed by atoms with Crippen LogP contribution in [0.4, 0.5) is 20.1 Å². The van der Waals surface area contributed by atoms with E-state index in [9.17, 15) is 14.4 Å². The Labute approximate surface area is 157 Å². The van der Waals surface area contributed by atoms with Crippen molar-refractivity contribution in [1.29, 1.82) is 0 Å². The average Bonchev–Trinajstić information content (AvgIpc) is 3.32. The van der Waals surface area contributed by atoms with Crippen LogP contribution in [0.1, 0.15) is 17.9 Å². The number of rotatable bonds is 4. The molecule has 27 heavy (non-hydrogen) atoms. The van der Waals surface area contributed by atoms with E-state index in [0.717, 1.165) is 17.7 Å². The number of amides is 3. The molecule has 146 valence electrons. The second-order valence-electron chi connectivity index (χ2n) is 6.48. The molecule has 0 radical (unpaired) electrons. The summed E-state index contributed by atoms with van der Waals surface area (Å²) in [6.45, 7) is 1.84. The van der Waals surface area contributed by atoms with Crippen LogP contribution >= 0.6 is 0 Å². The maximum absolute atomic E-state index is 12.1. The zero-order valence-electron chi connectivity index (χ0n) is 15.3. The molecule has 0 aromatic heterocycles. The normalized spacial score (nSPS) is 21.8. The van der Waals surface area contributed by atoms with Gasteiger partial charge in [-0.15, -0.1) is 0 Å². The average molecular weight is 377 g/mol. The molecule has 0 spiro atoms. The van der Waals surface area contributed by atoms with Crippen molar-refractivity contribution in [3.05, 3.63) is 29.8 Å². The van der Waals surface area contributed by atoms with Crippen LogP contribution in [0.3, 0.4) is 0 Å². The van der Waals surface area contributed by atoms with Crippen molar-refractivity contribution in [2.24, 2.45) is 0 Å². The summed E-state index contributed by atoms with van der Waals surface area (Å²) in [6, 6.07) is 7.67. The highest BCUT2D eigenvalue weighted by Gasteiger charge is 2.33. The monoisotopic (exact) mass is 377 g/mol. The Morgan fingerprint density at radius 1 is 1.19 bits per heavy atom. The van der Waals surface area contributed by atoms with Gasteiger partial charge in [-0.2, -0.15) is 0 Å². The van der Waals surface area contributed by atoms with Crippen molar-refractivity contribution >= 4 is 24.0 Å². The number of benzene rings is 1. The summed E-state index contributed by atoms with van der Waals surface area (Å²) in [4.78, 5) is 38.1.